The first-order chi connectivity index (χ1) is 10.6. The maximum Gasteiger partial charge on any atom is 0.179 e. The van der Waals surface area contributed by atoms with Gasteiger partial charge in [0.25, 0.3) is 0 Å². The van der Waals surface area contributed by atoms with Crippen molar-refractivity contribution in [2.45, 2.75) is 14.7 Å². The second-order valence-electron chi connectivity index (χ2n) is 4.65. The maximum atomic E-state index is 13.7. The Hall–Kier alpha value is -0.600. The zero-order chi connectivity index (χ0) is 15.5. The van der Waals surface area contributed by atoms with Crippen LogP contribution in [0.1, 0.15) is 0 Å². The molecule has 22 heavy (non-hydrogen) atoms. The van der Waals surface area contributed by atoms with E-state index in [4.69, 9.17) is 0 Å². The molecule has 3 rings (SSSR count). The summed E-state index contributed by atoms with van der Waals surface area (Å²) in [4.78, 5) is 3.44. The molecule has 0 spiro atoms. The van der Waals surface area contributed by atoms with Crippen molar-refractivity contribution < 1.29 is 4.39 Å². The Morgan fingerprint density at radius 3 is 2.14 bits per heavy atom. The van der Waals surface area contributed by atoms with Crippen molar-refractivity contribution in [3.63, 3.8) is 0 Å². The van der Waals surface area contributed by atoms with E-state index in [-0.39, 0.29) is 16.7 Å². The zero-order valence-corrected chi connectivity index (χ0v) is 16.6. The summed E-state index contributed by atoms with van der Waals surface area (Å²) in [6, 6.07) is 23.7. The van der Waals surface area contributed by atoms with E-state index in [0.29, 0.717) is 0 Å². The molecule has 1 unspecified atom stereocenters. The third-order valence-corrected chi connectivity index (χ3v) is 7.32. The molecule has 1 atom stereocenters. The van der Waals surface area contributed by atoms with Gasteiger partial charge < -0.3 is 0 Å². The Balaban J connectivity index is 2.19. The molecule has 3 aromatic rings. The van der Waals surface area contributed by atoms with Gasteiger partial charge in [-0.05, 0) is 87.6 Å². The van der Waals surface area contributed by atoms with Crippen LogP contribution in [0, 0.1) is 13.0 Å². The second kappa shape index (κ2) is 7.31. The number of halogens is 3. The summed E-state index contributed by atoms with van der Waals surface area (Å²) in [5, 5.41) is 0. The summed E-state index contributed by atoms with van der Waals surface area (Å²) < 4.78 is 16.1. The predicted molar refractivity (Wildman–Crippen MR) is 107 cm³/mol. The van der Waals surface area contributed by atoms with E-state index in [2.05, 4.69) is 75.5 Å². The van der Waals surface area contributed by atoms with Crippen molar-refractivity contribution in [1.82, 2.24) is 0 Å². The van der Waals surface area contributed by atoms with Crippen LogP contribution in [0.5, 0.6) is 0 Å². The highest BCUT2D eigenvalue weighted by molar-refractivity contribution is 14.1. The average Bonchev–Trinajstić information content (AvgIpc) is 2.51. The minimum absolute atomic E-state index is 0.188. The van der Waals surface area contributed by atoms with Crippen LogP contribution in [0.2, 0.25) is 0 Å². The van der Waals surface area contributed by atoms with E-state index in [1.54, 1.807) is 12.1 Å². The number of hydrogen-bond donors (Lipinski definition) is 0. The summed E-state index contributed by atoms with van der Waals surface area (Å²) in [6.07, 6.45) is 0. The molecule has 0 heterocycles. The van der Waals surface area contributed by atoms with Crippen LogP contribution in [-0.2, 0) is 10.9 Å². The van der Waals surface area contributed by atoms with Gasteiger partial charge in [0.1, 0.15) is 16.7 Å². The third-order valence-electron chi connectivity index (χ3n) is 3.12. The Morgan fingerprint density at radius 2 is 1.45 bits per heavy atom. The molecule has 3 aromatic carbocycles. The van der Waals surface area contributed by atoms with Crippen molar-refractivity contribution in [3.05, 3.63) is 85.8 Å². The van der Waals surface area contributed by atoms with Gasteiger partial charge >= 0.3 is 0 Å². The monoisotopic (exact) mass is 533 g/mol. The number of hydrogen-bond acceptors (Lipinski definition) is 0. The lowest BCUT2D eigenvalue weighted by molar-refractivity contribution is 0.624. The largest absolute Gasteiger partial charge is 0.207 e. The van der Waals surface area contributed by atoms with Gasteiger partial charge in [0.15, 0.2) is 14.7 Å². The number of rotatable bonds is 3. The van der Waals surface area contributed by atoms with Crippen molar-refractivity contribution in [2.24, 2.45) is 0 Å². The van der Waals surface area contributed by atoms with Crippen molar-refractivity contribution in [1.29, 1.82) is 0 Å². The molecule has 0 aliphatic heterocycles. The lowest BCUT2D eigenvalue weighted by Gasteiger charge is -2.09. The molecule has 4 heteroatoms. The average molecular weight is 533 g/mol. The lowest BCUT2D eigenvalue weighted by atomic mass is 10.3. The molecule has 0 saturated carbocycles. The summed E-state index contributed by atoms with van der Waals surface area (Å²) in [5.41, 5.74) is 0. The molecule has 0 bridgehead atoms. The maximum absolute atomic E-state index is 13.7. The Labute approximate surface area is 159 Å². The minimum Gasteiger partial charge on any atom is -0.207 e. The van der Waals surface area contributed by atoms with Gasteiger partial charge in [-0.2, -0.15) is 0 Å². The molecule has 110 valence electrons. The fourth-order valence-electron chi connectivity index (χ4n) is 2.18. The summed E-state index contributed by atoms with van der Waals surface area (Å²) >= 11 is 4.69. The Kier molecular flexibility index (Phi) is 5.41. The van der Waals surface area contributed by atoms with Crippen LogP contribution in [0.4, 0.5) is 4.39 Å². The zero-order valence-electron chi connectivity index (χ0n) is 11.5. The van der Waals surface area contributed by atoms with Gasteiger partial charge in [-0.3, -0.25) is 0 Å². The quantitative estimate of drug-likeness (QED) is 0.281. The SMILES string of the molecule is Fc1cccc([S+](c2ccccc2)c2ccc(I)cc2I)c1. The van der Waals surface area contributed by atoms with Crippen molar-refractivity contribution in [3.8, 4) is 0 Å². The molecule has 0 aliphatic carbocycles. The first kappa shape index (κ1) is 16.3. The highest BCUT2D eigenvalue weighted by atomic mass is 127. The van der Waals surface area contributed by atoms with Crippen molar-refractivity contribution >= 4 is 56.1 Å². The van der Waals surface area contributed by atoms with Crippen LogP contribution in [0.25, 0.3) is 0 Å². The second-order valence-corrected chi connectivity index (χ2v) is 9.05. The van der Waals surface area contributed by atoms with E-state index in [9.17, 15) is 4.39 Å². The molecule has 0 N–H and O–H groups in total. The fraction of sp³-hybridized carbons (Fsp3) is 0. The van der Waals surface area contributed by atoms with E-state index in [1.807, 2.05) is 24.3 Å². The fourth-order valence-corrected chi connectivity index (χ4v) is 6.56. The predicted octanol–water partition coefficient (Wildman–Crippen LogP) is 6.13. The third kappa shape index (κ3) is 3.65. The molecular weight excluding hydrogens is 521 g/mol. The first-order valence-corrected chi connectivity index (χ1v) is 10.0. The topological polar surface area (TPSA) is 0 Å². The van der Waals surface area contributed by atoms with Crippen LogP contribution in [-0.4, -0.2) is 0 Å². The molecule has 0 saturated heterocycles. The van der Waals surface area contributed by atoms with Gasteiger partial charge in [-0.25, -0.2) is 4.39 Å². The molecule has 0 amide bonds. The summed E-state index contributed by atoms with van der Waals surface area (Å²) in [7, 11) is -0.296. The highest BCUT2D eigenvalue weighted by Gasteiger charge is 2.31. The van der Waals surface area contributed by atoms with Gasteiger partial charge in [0, 0.05) is 9.64 Å². The van der Waals surface area contributed by atoms with Crippen molar-refractivity contribution in [2.75, 3.05) is 0 Å². The normalized spacial score (nSPS) is 12.1. The van der Waals surface area contributed by atoms with E-state index < -0.39 is 0 Å². The van der Waals surface area contributed by atoms with E-state index in [1.165, 1.54) is 23.0 Å². The molecule has 0 fully saturated rings. The molecule has 0 nitrogen and oxygen atoms in total. The first-order valence-electron chi connectivity index (χ1n) is 6.65. The van der Waals surface area contributed by atoms with Crippen LogP contribution < -0.4 is 0 Å². The van der Waals surface area contributed by atoms with Crippen LogP contribution in [0.15, 0.2) is 87.5 Å². The molecule has 0 aromatic heterocycles. The van der Waals surface area contributed by atoms with Gasteiger partial charge in [-0.15, -0.1) is 0 Å². The Bertz CT molecular complexity index is 790. The van der Waals surface area contributed by atoms with Gasteiger partial charge in [0.2, 0.25) is 0 Å². The highest BCUT2D eigenvalue weighted by Crippen LogP contribution is 2.34. The summed E-state index contributed by atoms with van der Waals surface area (Å²) in [6.45, 7) is 0. The van der Waals surface area contributed by atoms with Gasteiger partial charge in [0.05, 0.1) is 3.57 Å². The Morgan fingerprint density at radius 1 is 0.727 bits per heavy atom. The van der Waals surface area contributed by atoms with E-state index in [0.717, 1.165) is 4.90 Å². The smallest absolute Gasteiger partial charge is 0.179 e. The van der Waals surface area contributed by atoms with Crippen LogP contribution >= 0.6 is 45.2 Å². The minimum atomic E-state index is -0.296. The van der Waals surface area contributed by atoms with E-state index >= 15 is 0 Å². The lowest BCUT2D eigenvalue weighted by Crippen LogP contribution is -2.07. The number of benzene rings is 3. The molecular formula is C18H12FI2S+. The standard InChI is InChI=1S/C18H12FI2S/c19-13-5-4-8-16(11-13)22(15-6-2-1-3-7-15)18-10-9-14(20)12-17(18)21/h1-12H/q+1. The summed E-state index contributed by atoms with van der Waals surface area (Å²) in [5.74, 6) is -0.188. The van der Waals surface area contributed by atoms with Gasteiger partial charge in [-0.1, -0.05) is 24.3 Å². The molecule has 0 aliphatic rings. The molecule has 0 radical (unpaired) electrons. The van der Waals surface area contributed by atoms with Crippen LogP contribution in [0.3, 0.4) is 0 Å².